The first-order chi connectivity index (χ1) is 17.6. The zero-order chi connectivity index (χ0) is 24.9. The maximum Gasteiger partial charge on any atom is 0.338 e. The summed E-state index contributed by atoms with van der Waals surface area (Å²) in [6.07, 6.45) is 0.947. The molecular formula is C28H26N4O3S. The molecule has 0 saturated carbocycles. The van der Waals surface area contributed by atoms with Gasteiger partial charge in [-0.3, -0.25) is 4.79 Å². The number of rotatable bonds is 7. The molecule has 7 nitrogen and oxygen atoms in total. The molecular weight excluding hydrogens is 472 g/mol. The van der Waals surface area contributed by atoms with Gasteiger partial charge in [0.25, 0.3) is 0 Å². The third-order valence-electron chi connectivity index (χ3n) is 5.97. The summed E-state index contributed by atoms with van der Waals surface area (Å²) in [7, 11) is 0. The summed E-state index contributed by atoms with van der Waals surface area (Å²) >= 11 is 1.38. The van der Waals surface area contributed by atoms with Crippen molar-refractivity contribution in [3.63, 3.8) is 0 Å². The summed E-state index contributed by atoms with van der Waals surface area (Å²) in [4.78, 5) is 36.6. The summed E-state index contributed by atoms with van der Waals surface area (Å²) < 4.78 is 5.04. The lowest BCUT2D eigenvalue weighted by Gasteiger charge is -2.29. The fraction of sp³-hybridized carbons (Fsp3) is 0.214. The highest BCUT2D eigenvalue weighted by atomic mass is 32.2. The number of esters is 1. The first-order valence-electron chi connectivity index (χ1n) is 11.9. The average molecular weight is 499 g/mol. The van der Waals surface area contributed by atoms with Crippen LogP contribution in [0.1, 0.15) is 28.4 Å². The van der Waals surface area contributed by atoms with Crippen LogP contribution in [0.3, 0.4) is 0 Å². The van der Waals surface area contributed by atoms with Crippen molar-refractivity contribution >= 4 is 46.2 Å². The number of para-hydroxylation sites is 1. The van der Waals surface area contributed by atoms with Crippen molar-refractivity contribution in [1.29, 1.82) is 0 Å². The number of amides is 1. The number of aromatic nitrogens is 2. The normalized spacial score (nSPS) is 12.8. The van der Waals surface area contributed by atoms with E-state index in [0.29, 0.717) is 23.8 Å². The summed E-state index contributed by atoms with van der Waals surface area (Å²) in [5, 5.41) is 4.55. The smallest absolute Gasteiger partial charge is 0.338 e. The molecule has 3 aromatic carbocycles. The van der Waals surface area contributed by atoms with Crippen LogP contribution in [0.4, 0.5) is 11.6 Å². The molecule has 1 amide bonds. The van der Waals surface area contributed by atoms with E-state index in [1.54, 1.807) is 31.2 Å². The second-order valence-corrected chi connectivity index (χ2v) is 9.39. The number of hydrogen-bond acceptors (Lipinski definition) is 7. The predicted octanol–water partition coefficient (Wildman–Crippen LogP) is 5.10. The van der Waals surface area contributed by atoms with Crippen molar-refractivity contribution in [2.45, 2.75) is 24.9 Å². The molecule has 1 aromatic heterocycles. The van der Waals surface area contributed by atoms with Crippen molar-refractivity contribution in [1.82, 2.24) is 9.97 Å². The molecule has 1 N–H and O–H groups in total. The van der Waals surface area contributed by atoms with Gasteiger partial charge in [-0.2, -0.15) is 0 Å². The standard InChI is InChI=1S/C28H26N4O3S/c1-2-35-27(34)20-10-7-11-22(16-20)29-25(33)18-36-26-23-12-5-6-13-24(23)30-28(31-26)32-15-14-19-8-3-4-9-21(19)17-32/h3-13,16H,2,14-15,17-18H2,1H3,(H,29,33). The fourth-order valence-corrected chi connectivity index (χ4v) is 5.04. The molecule has 2 heterocycles. The Kier molecular flexibility index (Phi) is 7.13. The quantitative estimate of drug-likeness (QED) is 0.216. The zero-order valence-corrected chi connectivity index (χ0v) is 20.8. The van der Waals surface area contributed by atoms with E-state index in [1.807, 2.05) is 24.3 Å². The van der Waals surface area contributed by atoms with Gasteiger partial charge in [0.05, 0.1) is 23.4 Å². The van der Waals surface area contributed by atoms with Crippen molar-refractivity contribution in [2.75, 3.05) is 29.1 Å². The number of hydrogen-bond donors (Lipinski definition) is 1. The fourth-order valence-electron chi connectivity index (χ4n) is 4.22. The van der Waals surface area contributed by atoms with Gasteiger partial charge in [0.15, 0.2) is 0 Å². The highest BCUT2D eigenvalue weighted by Gasteiger charge is 2.20. The van der Waals surface area contributed by atoms with E-state index in [0.717, 1.165) is 35.4 Å². The maximum atomic E-state index is 12.8. The van der Waals surface area contributed by atoms with Crippen LogP contribution in [-0.4, -0.2) is 40.7 Å². The van der Waals surface area contributed by atoms with Gasteiger partial charge >= 0.3 is 5.97 Å². The third-order valence-corrected chi connectivity index (χ3v) is 6.96. The Labute approximate surface area is 213 Å². The number of nitrogens with one attached hydrogen (secondary N) is 1. The molecule has 0 saturated heterocycles. The van der Waals surface area contributed by atoms with Crippen molar-refractivity contribution in [3.8, 4) is 0 Å². The number of benzene rings is 3. The van der Waals surface area contributed by atoms with Crippen LogP contribution in [0, 0.1) is 0 Å². The molecule has 0 unspecified atom stereocenters. The zero-order valence-electron chi connectivity index (χ0n) is 19.9. The van der Waals surface area contributed by atoms with E-state index in [-0.39, 0.29) is 11.7 Å². The number of ether oxygens (including phenoxy) is 1. The van der Waals surface area contributed by atoms with Gasteiger partial charge in [-0.1, -0.05) is 60.3 Å². The van der Waals surface area contributed by atoms with Crippen LogP contribution < -0.4 is 10.2 Å². The highest BCUT2D eigenvalue weighted by Crippen LogP contribution is 2.30. The topological polar surface area (TPSA) is 84.4 Å². The number of carbonyl (C=O) groups is 2. The second-order valence-electron chi connectivity index (χ2n) is 8.42. The van der Waals surface area contributed by atoms with Crippen molar-refractivity contribution in [2.24, 2.45) is 0 Å². The molecule has 0 aliphatic carbocycles. The number of fused-ring (bicyclic) bond motifs is 2. The van der Waals surface area contributed by atoms with Crippen LogP contribution in [-0.2, 0) is 22.5 Å². The van der Waals surface area contributed by atoms with Gasteiger partial charge in [-0.15, -0.1) is 0 Å². The van der Waals surface area contributed by atoms with E-state index < -0.39 is 5.97 Å². The van der Waals surface area contributed by atoms with Gasteiger partial charge in [0.1, 0.15) is 5.03 Å². The minimum absolute atomic E-state index is 0.174. The number of anilines is 2. The molecule has 0 fully saturated rings. The molecule has 1 aliphatic rings. The van der Waals surface area contributed by atoms with E-state index in [2.05, 4.69) is 34.5 Å². The summed E-state index contributed by atoms with van der Waals surface area (Å²) in [6, 6.07) is 23.1. The van der Waals surface area contributed by atoms with E-state index in [1.165, 1.54) is 22.9 Å². The Bertz CT molecular complexity index is 1430. The van der Waals surface area contributed by atoms with E-state index in [4.69, 9.17) is 14.7 Å². The minimum Gasteiger partial charge on any atom is -0.462 e. The highest BCUT2D eigenvalue weighted by molar-refractivity contribution is 8.00. The molecule has 0 atom stereocenters. The van der Waals surface area contributed by atoms with Crippen LogP contribution in [0.5, 0.6) is 0 Å². The number of thioether (sulfide) groups is 1. The summed E-state index contributed by atoms with van der Waals surface area (Å²) in [6.45, 7) is 3.66. The molecule has 182 valence electrons. The summed E-state index contributed by atoms with van der Waals surface area (Å²) in [5.74, 6) is 0.251. The van der Waals surface area contributed by atoms with Gasteiger partial charge < -0.3 is 15.0 Å². The maximum absolute atomic E-state index is 12.8. The lowest BCUT2D eigenvalue weighted by Crippen LogP contribution is -2.31. The molecule has 36 heavy (non-hydrogen) atoms. The van der Waals surface area contributed by atoms with Crippen molar-refractivity contribution < 1.29 is 14.3 Å². The lowest BCUT2D eigenvalue weighted by atomic mass is 10.0. The first kappa shape index (κ1) is 23.8. The van der Waals surface area contributed by atoms with Gasteiger partial charge in [-0.25, -0.2) is 14.8 Å². The Hall–Kier alpha value is -3.91. The molecule has 0 bridgehead atoms. The minimum atomic E-state index is -0.414. The van der Waals surface area contributed by atoms with Crippen LogP contribution in [0.2, 0.25) is 0 Å². The molecule has 0 spiro atoms. The lowest BCUT2D eigenvalue weighted by molar-refractivity contribution is -0.113. The Morgan fingerprint density at radius 2 is 1.81 bits per heavy atom. The number of carbonyl (C=O) groups excluding carboxylic acids is 2. The monoisotopic (exact) mass is 498 g/mol. The second kappa shape index (κ2) is 10.8. The third kappa shape index (κ3) is 5.33. The predicted molar refractivity (Wildman–Crippen MR) is 142 cm³/mol. The molecule has 8 heteroatoms. The van der Waals surface area contributed by atoms with Crippen LogP contribution in [0.15, 0.2) is 77.8 Å². The Balaban J connectivity index is 1.32. The number of nitrogens with zero attached hydrogens (tertiary/aromatic N) is 3. The van der Waals surface area contributed by atoms with Gasteiger partial charge in [0.2, 0.25) is 11.9 Å². The van der Waals surface area contributed by atoms with E-state index in [9.17, 15) is 9.59 Å². The molecule has 0 radical (unpaired) electrons. The van der Waals surface area contributed by atoms with Gasteiger partial charge in [-0.05, 0) is 48.7 Å². The first-order valence-corrected chi connectivity index (χ1v) is 12.9. The summed E-state index contributed by atoms with van der Waals surface area (Å²) in [5.41, 5.74) is 4.46. The Morgan fingerprint density at radius 3 is 2.67 bits per heavy atom. The molecule has 4 aromatic rings. The van der Waals surface area contributed by atoms with Crippen LogP contribution in [0.25, 0.3) is 10.9 Å². The Morgan fingerprint density at radius 1 is 1.00 bits per heavy atom. The average Bonchev–Trinajstić information content (AvgIpc) is 2.91. The van der Waals surface area contributed by atoms with Gasteiger partial charge in [0, 0.05) is 24.2 Å². The van der Waals surface area contributed by atoms with Crippen molar-refractivity contribution in [3.05, 3.63) is 89.5 Å². The largest absolute Gasteiger partial charge is 0.462 e. The van der Waals surface area contributed by atoms with Crippen LogP contribution >= 0.6 is 11.8 Å². The SMILES string of the molecule is CCOC(=O)c1cccc(NC(=O)CSc2nc(N3CCc4ccccc4C3)nc3ccccc23)c1. The molecule has 1 aliphatic heterocycles. The molecule has 5 rings (SSSR count). The van der Waals surface area contributed by atoms with E-state index >= 15 is 0 Å².